The minimum atomic E-state index is -0.734. The largest absolute Gasteiger partial charge is 0.312 e. The summed E-state index contributed by atoms with van der Waals surface area (Å²) in [5, 5.41) is 0. The average Bonchev–Trinajstić information content (AvgIpc) is 2.19. The molecular formula is C3H5FOS. The van der Waals surface area contributed by atoms with Crippen LogP contribution in [0.15, 0.2) is 0 Å². The van der Waals surface area contributed by atoms with Gasteiger partial charge in [0.15, 0.2) is 0 Å². The van der Waals surface area contributed by atoms with Gasteiger partial charge in [0.05, 0.1) is 0 Å². The van der Waals surface area contributed by atoms with Crippen molar-refractivity contribution >= 4 is 12.9 Å². The van der Waals surface area contributed by atoms with Gasteiger partial charge in [0.2, 0.25) is 0 Å². The van der Waals surface area contributed by atoms with Gasteiger partial charge in [-0.1, -0.05) is 0 Å². The van der Waals surface area contributed by atoms with E-state index in [-0.39, 0.29) is 6.10 Å². The van der Waals surface area contributed by atoms with Crippen LogP contribution >= 0.6 is 12.9 Å². The second kappa shape index (κ2) is 1.39. The van der Waals surface area contributed by atoms with Crippen LogP contribution in [0.1, 0.15) is 6.42 Å². The van der Waals surface area contributed by atoms with Gasteiger partial charge in [-0.15, -0.1) is 0 Å². The van der Waals surface area contributed by atoms with E-state index in [4.69, 9.17) is 0 Å². The molecule has 1 nitrogen and oxygen atoms in total. The Morgan fingerprint density at radius 2 is 2.33 bits per heavy atom. The van der Waals surface area contributed by atoms with E-state index in [1.807, 2.05) is 0 Å². The number of hydrogen-bond acceptors (Lipinski definition) is 2. The standard InChI is InChI=1S/C3H5FOS/c4-2-1-3(2)5-6/h2-3,6H,1H2. The van der Waals surface area contributed by atoms with E-state index in [0.717, 1.165) is 0 Å². The predicted molar refractivity (Wildman–Crippen MR) is 23.4 cm³/mol. The van der Waals surface area contributed by atoms with Gasteiger partial charge in [-0.3, -0.25) is 0 Å². The maximum Gasteiger partial charge on any atom is 0.130 e. The molecule has 2 atom stereocenters. The topological polar surface area (TPSA) is 9.23 Å². The van der Waals surface area contributed by atoms with Crippen molar-refractivity contribution in [1.82, 2.24) is 0 Å². The Labute approximate surface area is 41.1 Å². The molecule has 0 aromatic carbocycles. The van der Waals surface area contributed by atoms with Gasteiger partial charge in [-0.2, -0.15) is 0 Å². The van der Waals surface area contributed by atoms with Crippen molar-refractivity contribution in [3.8, 4) is 0 Å². The van der Waals surface area contributed by atoms with Crippen LogP contribution in [0.4, 0.5) is 4.39 Å². The Balaban J connectivity index is 2.09. The van der Waals surface area contributed by atoms with Crippen LogP contribution in [0.3, 0.4) is 0 Å². The average molecular weight is 108 g/mol. The number of rotatable bonds is 1. The molecule has 0 aliphatic heterocycles. The second-order valence-corrected chi connectivity index (χ2v) is 1.61. The highest BCUT2D eigenvalue weighted by Gasteiger charge is 2.38. The first-order valence-electron chi connectivity index (χ1n) is 1.79. The first-order valence-corrected chi connectivity index (χ1v) is 2.15. The van der Waals surface area contributed by atoms with E-state index in [0.29, 0.717) is 6.42 Å². The minimum absolute atomic E-state index is 0.201. The minimum Gasteiger partial charge on any atom is -0.312 e. The van der Waals surface area contributed by atoms with Crippen molar-refractivity contribution in [2.45, 2.75) is 18.7 Å². The zero-order valence-corrected chi connectivity index (χ0v) is 3.99. The molecule has 6 heavy (non-hydrogen) atoms. The molecule has 2 unspecified atom stereocenters. The quantitative estimate of drug-likeness (QED) is 0.389. The van der Waals surface area contributed by atoms with Crippen LogP contribution < -0.4 is 0 Å². The Bertz CT molecular complexity index is 56.8. The van der Waals surface area contributed by atoms with Gasteiger partial charge in [-0.05, 0) is 12.9 Å². The molecule has 1 saturated carbocycles. The summed E-state index contributed by atoms with van der Waals surface area (Å²) in [6, 6.07) is 0. The van der Waals surface area contributed by atoms with Crippen molar-refractivity contribution in [2.24, 2.45) is 0 Å². The summed E-state index contributed by atoms with van der Waals surface area (Å²) in [6.45, 7) is 0. The zero-order chi connectivity index (χ0) is 4.57. The maximum atomic E-state index is 11.6. The highest BCUT2D eigenvalue weighted by atomic mass is 32.1. The summed E-state index contributed by atoms with van der Waals surface area (Å²) in [6.07, 6.45) is -0.403. The highest BCUT2D eigenvalue weighted by molar-refractivity contribution is 7.75. The number of alkyl halides is 1. The third-order valence-corrected chi connectivity index (χ3v) is 1.06. The Kier molecular flexibility index (Phi) is 1.02. The summed E-state index contributed by atoms with van der Waals surface area (Å²) in [4.78, 5) is 0. The van der Waals surface area contributed by atoms with E-state index in [9.17, 15) is 4.39 Å². The fraction of sp³-hybridized carbons (Fsp3) is 1.00. The molecule has 1 aliphatic carbocycles. The van der Waals surface area contributed by atoms with Crippen LogP contribution in [-0.4, -0.2) is 12.3 Å². The fourth-order valence-electron chi connectivity index (χ4n) is 0.252. The van der Waals surface area contributed by atoms with Gasteiger partial charge < -0.3 is 4.18 Å². The maximum absolute atomic E-state index is 11.6. The molecule has 0 saturated heterocycles. The Morgan fingerprint density at radius 1 is 1.83 bits per heavy atom. The lowest BCUT2D eigenvalue weighted by Crippen LogP contribution is -1.82. The number of thiol groups is 1. The van der Waals surface area contributed by atoms with Crippen molar-refractivity contribution in [3.05, 3.63) is 0 Å². The molecule has 0 bridgehead atoms. The third kappa shape index (κ3) is 0.656. The second-order valence-electron chi connectivity index (χ2n) is 1.40. The molecule has 0 N–H and O–H groups in total. The monoisotopic (exact) mass is 108 g/mol. The van der Waals surface area contributed by atoms with Gasteiger partial charge in [-0.25, -0.2) is 4.39 Å². The fourth-order valence-corrected chi connectivity index (χ4v) is 0.471. The molecule has 1 aliphatic rings. The molecule has 36 valence electrons. The van der Waals surface area contributed by atoms with Crippen molar-refractivity contribution < 1.29 is 8.57 Å². The Morgan fingerprint density at radius 3 is 2.33 bits per heavy atom. The molecule has 0 amide bonds. The molecule has 0 radical (unpaired) electrons. The molecule has 0 aromatic heterocycles. The van der Waals surface area contributed by atoms with Crippen molar-refractivity contribution in [2.75, 3.05) is 0 Å². The van der Waals surface area contributed by atoms with Crippen LogP contribution in [-0.2, 0) is 4.18 Å². The molecule has 3 heteroatoms. The predicted octanol–water partition coefficient (Wildman–Crippen LogP) is 0.958. The number of halogens is 1. The third-order valence-electron chi connectivity index (χ3n) is 0.793. The van der Waals surface area contributed by atoms with Gasteiger partial charge >= 0.3 is 0 Å². The van der Waals surface area contributed by atoms with E-state index in [1.165, 1.54) is 0 Å². The molecule has 0 aromatic rings. The molecule has 1 rings (SSSR count). The molecule has 1 fully saturated rings. The summed E-state index contributed by atoms with van der Waals surface area (Å²) in [5.74, 6) is 0. The number of hydrogen-bond donors (Lipinski definition) is 1. The lowest BCUT2D eigenvalue weighted by molar-refractivity contribution is 0.307. The molecule has 0 heterocycles. The van der Waals surface area contributed by atoms with Gasteiger partial charge in [0.1, 0.15) is 12.3 Å². The van der Waals surface area contributed by atoms with Crippen LogP contribution in [0.2, 0.25) is 0 Å². The van der Waals surface area contributed by atoms with E-state index < -0.39 is 6.17 Å². The van der Waals surface area contributed by atoms with Crippen molar-refractivity contribution in [1.29, 1.82) is 0 Å². The first kappa shape index (κ1) is 4.40. The summed E-state index contributed by atoms with van der Waals surface area (Å²) < 4.78 is 15.9. The normalized spacial score (nSPS) is 43.0. The van der Waals surface area contributed by atoms with Crippen LogP contribution in [0.5, 0.6) is 0 Å². The lowest BCUT2D eigenvalue weighted by atomic mass is 10.8. The Hall–Kier alpha value is 0.240. The zero-order valence-electron chi connectivity index (χ0n) is 3.10. The van der Waals surface area contributed by atoms with E-state index >= 15 is 0 Å². The van der Waals surface area contributed by atoms with Crippen LogP contribution in [0, 0.1) is 0 Å². The summed E-state index contributed by atoms with van der Waals surface area (Å²) >= 11 is 3.40. The van der Waals surface area contributed by atoms with Gasteiger partial charge in [0.25, 0.3) is 0 Å². The highest BCUT2D eigenvalue weighted by Crippen LogP contribution is 2.29. The smallest absolute Gasteiger partial charge is 0.130 e. The molecule has 0 spiro atoms. The SMILES string of the molecule is FC1CC1OS. The summed E-state index contributed by atoms with van der Waals surface area (Å²) in [7, 11) is 0. The lowest BCUT2D eigenvalue weighted by Gasteiger charge is -1.80. The van der Waals surface area contributed by atoms with Crippen molar-refractivity contribution in [3.63, 3.8) is 0 Å². The van der Waals surface area contributed by atoms with Gasteiger partial charge in [0, 0.05) is 6.42 Å². The van der Waals surface area contributed by atoms with E-state index in [2.05, 4.69) is 17.1 Å². The summed E-state index contributed by atoms with van der Waals surface area (Å²) in [5.41, 5.74) is 0. The first-order chi connectivity index (χ1) is 2.84. The van der Waals surface area contributed by atoms with Crippen LogP contribution in [0.25, 0.3) is 0 Å². The molecular weight excluding hydrogens is 103 g/mol. The van der Waals surface area contributed by atoms with E-state index in [1.54, 1.807) is 0 Å².